The summed E-state index contributed by atoms with van der Waals surface area (Å²) in [5.41, 5.74) is 4.50. The number of aliphatic carboxylic acids is 1. The molecule has 2 N–H and O–H groups in total. The lowest BCUT2D eigenvalue weighted by Crippen LogP contribution is -2.46. The molecule has 2 aliphatic rings. The van der Waals surface area contributed by atoms with Crippen molar-refractivity contribution >= 4 is 12.1 Å². The minimum absolute atomic E-state index is 0.0497. The van der Waals surface area contributed by atoms with E-state index in [0.717, 1.165) is 54.5 Å². The second kappa shape index (κ2) is 9.33. The normalized spacial score (nSPS) is 17.6. The van der Waals surface area contributed by atoms with Gasteiger partial charge in [-0.3, -0.25) is 0 Å². The average molecular weight is 437 g/mol. The second-order valence-corrected chi connectivity index (χ2v) is 9.51. The summed E-state index contributed by atoms with van der Waals surface area (Å²) in [6.07, 6.45) is 3.93. The number of nitrogens with zero attached hydrogens (tertiary/aromatic N) is 1. The van der Waals surface area contributed by atoms with E-state index >= 15 is 0 Å². The van der Waals surface area contributed by atoms with Crippen LogP contribution in [-0.4, -0.2) is 55.4 Å². The number of ether oxygens (including phenoxy) is 1. The number of alkyl carbamates (subject to hydrolysis) is 1. The topological polar surface area (TPSA) is 78.9 Å². The Balaban J connectivity index is 1.42. The van der Waals surface area contributed by atoms with Gasteiger partial charge in [0.15, 0.2) is 0 Å². The number of nitrogens with one attached hydrogen (secondary N) is 1. The molecule has 0 aromatic heterocycles. The van der Waals surface area contributed by atoms with Crippen molar-refractivity contribution in [2.45, 2.75) is 44.1 Å². The molecule has 1 amide bonds. The molecule has 1 fully saturated rings. The Hall–Kier alpha value is -2.86. The van der Waals surface area contributed by atoms with E-state index in [1.807, 2.05) is 38.4 Å². The molecule has 32 heavy (non-hydrogen) atoms. The highest BCUT2D eigenvalue weighted by molar-refractivity contribution is 5.81. The lowest BCUT2D eigenvalue weighted by molar-refractivity contribution is -0.140. The molecule has 2 aliphatic carbocycles. The minimum Gasteiger partial charge on any atom is -0.480 e. The number of amides is 1. The summed E-state index contributed by atoms with van der Waals surface area (Å²) >= 11 is 0. The standard InChI is InChI=1S/C26H32N2O4/c1-28(2)17-26(13-7-8-14-26)15-23(24(29)30)27-25(31)32-16-22-20-11-5-3-9-18(20)19-10-4-6-12-21(19)22/h3-6,9-12,22-23H,7-8,13-17H2,1-2H3,(H,27,31)(H,29,30). The van der Waals surface area contributed by atoms with Gasteiger partial charge in [-0.05, 0) is 61.0 Å². The maximum absolute atomic E-state index is 12.6. The Morgan fingerprint density at radius 2 is 1.62 bits per heavy atom. The highest BCUT2D eigenvalue weighted by Gasteiger charge is 2.39. The maximum atomic E-state index is 12.6. The van der Waals surface area contributed by atoms with Crippen molar-refractivity contribution in [1.29, 1.82) is 0 Å². The van der Waals surface area contributed by atoms with Crippen molar-refractivity contribution in [3.63, 3.8) is 0 Å². The van der Waals surface area contributed by atoms with Crippen LogP contribution < -0.4 is 5.32 Å². The maximum Gasteiger partial charge on any atom is 0.407 e. The van der Waals surface area contributed by atoms with Gasteiger partial charge in [0.25, 0.3) is 0 Å². The third-order valence-electron chi connectivity index (χ3n) is 6.89. The van der Waals surface area contributed by atoms with Gasteiger partial charge in [-0.25, -0.2) is 9.59 Å². The van der Waals surface area contributed by atoms with E-state index in [9.17, 15) is 14.7 Å². The number of fused-ring (bicyclic) bond motifs is 3. The van der Waals surface area contributed by atoms with E-state index in [1.165, 1.54) is 0 Å². The predicted octanol–water partition coefficient (Wildman–Crippen LogP) is 4.49. The zero-order valence-corrected chi connectivity index (χ0v) is 18.8. The van der Waals surface area contributed by atoms with Crippen LogP contribution in [0.4, 0.5) is 4.79 Å². The number of benzene rings is 2. The van der Waals surface area contributed by atoms with Gasteiger partial charge in [0, 0.05) is 12.5 Å². The quantitative estimate of drug-likeness (QED) is 0.637. The van der Waals surface area contributed by atoms with Crippen molar-refractivity contribution in [3.8, 4) is 11.1 Å². The fraction of sp³-hybridized carbons (Fsp3) is 0.462. The number of rotatable bonds is 8. The van der Waals surface area contributed by atoms with Crippen molar-refractivity contribution in [3.05, 3.63) is 59.7 Å². The monoisotopic (exact) mass is 436 g/mol. The van der Waals surface area contributed by atoms with Crippen LogP contribution in [-0.2, 0) is 9.53 Å². The Bertz CT molecular complexity index is 936. The van der Waals surface area contributed by atoms with E-state index in [0.29, 0.717) is 6.42 Å². The van der Waals surface area contributed by atoms with Gasteiger partial charge in [0.05, 0.1) is 0 Å². The zero-order chi connectivity index (χ0) is 22.7. The third-order valence-corrected chi connectivity index (χ3v) is 6.89. The van der Waals surface area contributed by atoms with Crippen molar-refractivity contribution in [1.82, 2.24) is 10.2 Å². The van der Waals surface area contributed by atoms with Gasteiger partial charge in [-0.2, -0.15) is 0 Å². The fourth-order valence-electron chi connectivity index (χ4n) is 5.64. The number of carbonyl (C=O) groups excluding carboxylic acids is 1. The number of carboxylic acid groups (broad SMARTS) is 1. The first-order valence-corrected chi connectivity index (χ1v) is 11.4. The molecule has 2 aromatic rings. The first-order chi connectivity index (χ1) is 15.4. The summed E-state index contributed by atoms with van der Waals surface area (Å²) in [5, 5.41) is 12.4. The molecule has 2 aromatic carbocycles. The smallest absolute Gasteiger partial charge is 0.407 e. The Morgan fingerprint density at radius 3 is 2.16 bits per heavy atom. The van der Waals surface area contributed by atoms with Gasteiger partial charge in [-0.1, -0.05) is 61.4 Å². The molecular formula is C26H32N2O4. The van der Waals surface area contributed by atoms with Crippen molar-refractivity contribution in [2.24, 2.45) is 5.41 Å². The molecule has 4 rings (SSSR count). The molecule has 1 saturated carbocycles. The molecule has 1 atom stereocenters. The van der Waals surface area contributed by atoms with Gasteiger partial charge < -0.3 is 20.1 Å². The molecule has 1 unspecified atom stereocenters. The molecule has 0 aliphatic heterocycles. The largest absolute Gasteiger partial charge is 0.480 e. The lowest BCUT2D eigenvalue weighted by atomic mass is 9.79. The second-order valence-electron chi connectivity index (χ2n) is 9.51. The van der Waals surface area contributed by atoms with Crippen LogP contribution in [0.5, 0.6) is 0 Å². The summed E-state index contributed by atoms with van der Waals surface area (Å²) in [6.45, 7) is 0.998. The van der Waals surface area contributed by atoms with Gasteiger partial charge in [0.1, 0.15) is 12.6 Å². The Morgan fingerprint density at radius 1 is 1.06 bits per heavy atom. The van der Waals surface area contributed by atoms with E-state index in [4.69, 9.17) is 4.74 Å². The van der Waals surface area contributed by atoms with Crippen LogP contribution in [0.1, 0.15) is 49.1 Å². The van der Waals surface area contributed by atoms with E-state index in [-0.39, 0.29) is 17.9 Å². The first kappa shape index (κ1) is 22.3. The fourth-order valence-corrected chi connectivity index (χ4v) is 5.64. The van der Waals surface area contributed by atoms with Crippen molar-refractivity contribution < 1.29 is 19.4 Å². The van der Waals surface area contributed by atoms with Crippen molar-refractivity contribution in [2.75, 3.05) is 27.2 Å². The number of carboxylic acids is 1. The van der Waals surface area contributed by atoms with Gasteiger partial charge in [0.2, 0.25) is 0 Å². The summed E-state index contributed by atoms with van der Waals surface area (Å²) in [7, 11) is 4.02. The Kier molecular flexibility index (Phi) is 6.51. The summed E-state index contributed by atoms with van der Waals surface area (Å²) < 4.78 is 5.58. The van der Waals surface area contributed by atoms with E-state index in [2.05, 4.69) is 34.5 Å². The highest BCUT2D eigenvalue weighted by atomic mass is 16.5. The third kappa shape index (κ3) is 4.65. The highest BCUT2D eigenvalue weighted by Crippen LogP contribution is 2.45. The van der Waals surface area contributed by atoms with E-state index in [1.54, 1.807) is 0 Å². The van der Waals surface area contributed by atoms with Gasteiger partial charge in [-0.15, -0.1) is 0 Å². The van der Waals surface area contributed by atoms with Crippen LogP contribution in [0.25, 0.3) is 11.1 Å². The summed E-state index contributed by atoms with van der Waals surface area (Å²) in [6, 6.07) is 15.3. The molecular weight excluding hydrogens is 404 g/mol. The number of carbonyl (C=O) groups is 2. The summed E-state index contributed by atoms with van der Waals surface area (Å²) in [5.74, 6) is -1.06. The van der Waals surface area contributed by atoms with Crippen LogP contribution in [0, 0.1) is 5.41 Å². The first-order valence-electron chi connectivity index (χ1n) is 11.4. The molecule has 0 spiro atoms. The molecule has 6 heteroatoms. The van der Waals surface area contributed by atoms with Crippen LogP contribution in [0.15, 0.2) is 48.5 Å². The summed E-state index contributed by atoms with van der Waals surface area (Å²) in [4.78, 5) is 26.7. The predicted molar refractivity (Wildman–Crippen MR) is 124 cm³/mol. The molecule has 170 valence electrons. The molecule has 6 nitrogen and oxygen atoms in total. The van der Waals surface area contributed by atoms with Crippen LogP contribution >= 0.6 is 0 Å². The lowest BCUT2D eigenvalue weighted by Gasteiger charge is -2.34. The molecule has 0 saturated heterocycles. The minimum atomic E-state index is -1.01. The molecule has 0 heterocycles. The molecule has 0 bridgehead atoms. The Labute approximate surface area is 189 Å². The van der Waals surface area contributed by atoms with E-state index < -0.39 is 18.1 Å². The number of hydrogen-bond donors (Lipinski definition) is 2. The SMILES string of the molecule is CN(C)CC1(CC(NC(=O)OCC2c3ccccc3-c3ccccc32)C(=O)O)CCCC1. The number of hydrogen-bond acceptors (Lipinski definition) is 4. The zero-order valence-electron chi connectivity index (χ0n) is 18.8. The van der Waals surface area contributed by atoms with Crippen LogP contribution in [0.3, 0.4) is 0 Å². The van der Waals surface area contributed by atoms with Crippen LogP contribution in [0.2, 0.25) is 0 Å². The molecule has 0 radical (unpaired) electrons. The van der Waals surface area contributed by atoms with Gasteiger partial charge >= 0.3 is 12.1 Å². The average Bonchev–Trinajstić information content (AvgIpc) is 3.34.